The van der Waals surface area contributed by atoms with Crippen LogP contribution in [0.1, 0.15) is 12.8 Å². The number of anilines is 1. The van der Waals surface area contributed by atoms with Crippen molar-refractivity contribution in [2.45, 2.75) is 18.9 Å². The quantitative estimate of drug-likeness (QED) is 0.581. The van der Waals surface area contributed by atoms with E-state index in [0.29, 0.717) is 16.8 Å². The van der Waals surface area contributed by atoms with Crippen molar-refractivity contribution < 1.29 is 19.3 Å². The van der Waals surface area contributed by atoms with Crippen LogP contribution in [0.4, 0.5) is 5.69 Å². The van der Waals surface area contributed by atoms with Crippen LogP contribution >= 0.6 is 11.6 Å². The Kier molecular flexibility index (Phi) is 6.78. The summed E-state index contributed by atoms with van der Waals surface area (Å²) >= 11 is 5.99. The van der Waals surface area contributed by atoms with Crippen LogP contribution in [0.2, 0.25) is 5.02 Å². The van der Waals surface area contributed by atoms with Crippen LogP contribution in [0.25, 0.3) is 0 Å². The summed E-state index contributed by atoms with van der Waals surface area (Å²) in [7, 11) is 3.34. The Hall–Kier alpha value is -2.12. The highest BCUT2D eigenvalue weighted by Crippen LogP contribution is 2.20. The molecule has 0 aromatic heterocycles. The third kappa shape index (κ3) is 6.72. The molecule has 1 unspecified atom stereocenters. The van der Waals surface area contributed by atoms with Gasteiger partial charge in [0.25, 0.3) is 11.8 Å². The van der Waals surface area contributed by atoms with E-state index in [4.69, 9.17) is 11.6 Å². The first kappa shape index (κ1) is 19.2. The van der Waals surface area contributed by atoms with E-state index >= 15 is 0 Å². The Morgan fingerprint density at radius 3 is 2.52 bits per heavy atom. The molecule has 1 atom stereocenters. The van der Waals surface area contributed by atoms with E-state index in [2.05, 4.69) is 10.6 Å². The molecule has 3 amide bonds. The highest BCUT2D eigenvalue weighted by molar-refractivity contribution is 6.33. The van der Waals surface area contributed by atoms with Crippen molar-refractivity contribution in [3.05, 3.63) is 29.3 Å². The molecule has 3 N–H and O–H groups in total. The number of para-hydroxylation sites is 1. The minimum atomic E-state index is -0.326. The van der Waals surface area contributed by atoms with Gasteiger partial charge < -0.3 is 20.4 Å². The number of hydrogen-bond acceptors (Lipinski definition) is 3. The third-order valence-electron chi connectivity index (χ3n) is 3.81. The second-order valence-electron chi connectivity index (χ2n) is 6.43. The van der Waals surface area contributed by atoms with Gasteiger partial charge in [-0.25, -0.2) is 0 Å². The van der Waals surface area contributed by atoms with Crippen molar-refractivity contribution in [2.75, 3.05) is 39.0 Å². The van der Waals surface area contributed by atoms with E-state index in [-0.39, 0.29) is 37.4 Å². The van der Waals surface area contributed by atoms with E-state index < -0.39 is 0 Å². The van der Waals surface area contributed by atoms with Crippen LogP contribution in [-0.2, 0) is 14.4 Å². The number of nitrogens with one attached hydrogen (secondary N) is 3. The topological polar surface area (TPSA) is 83.0 Å². The normalized spacial score (nSPS) is 14.5. The average molecular weight is 368 g/mol. The SMILES string of the molecule is CN(CC(=O)Nc1ccccc1Cl)C(=O)C[NH+](C)CC(=O)NC1CC1. The summed E-state index contributed by atoms with van der Waals surface area (Å²) in [5.41, 5.74) is 0.509. The minimum absolute atomic E-state index is 0.0492. The van der Waals surface area contributed by atoms with Crippen molar-refractivity contribution in [1.82, 2.24) is 10.2 Å². The predicted molar refractivity (Wildman–Crippen MR) is 95.5 cm³/mol. The molecule has 1 fully saturated rings. The molecule has 7 nitrogen and oxygen atoms in total. The first-order valence-corrected chi connectivity index (χ1v) is 8.62. The predicted octanol–water partition coefficient (Wildman–Crippen LogP) is -0.470. The summed E-state index contributed by atoms with van der Waals surface area (Å²) < 4.78 is 0. The van der Waals surface area contributed by atoms with Crippen LogP contribution in [0, 0.1) is 0 Å². The highest BCUT2D eigenvalue weighted by Gasteiger charge is 2.25. The zero-order chi connectivity index (χ0) is 18.4. The molecule has 1 aromatic carbocycles. The lowest BCUT2D eigenvalue weighted by atomic mass is 10.3. The van der Waals surface area contributed by atoms with Gasteiger partial charge in [0.05, 0.1) is 24.3 Å². The van der Waals surface area contributed by atoms with Gasteiger partial charge in [0.2, 0.25) is 5.91 Å². The Morgan fingerprint density at radius 2 is 1.88 bits per heavy atom. The number of carbonyl (C=O) groups excluding carboxylic acids is 3. The third-order valence-corrected chi connectivity index (χ3v) is 4.14. The molecule has 136 valence electrons. The molecule has 0 bridgehead atoms. The van der Waals surface area contributed by atoms with Gasteiger partial charge in [-0.2, -0.15) is 0 Å². The molecule has 0 saturated heterocycles. The maximum atomic E-state index is 12.2. The smallest absolute Gasteiger partial charge is 0.277 e. The fourth-order valence-corrected chi connectivity index (χ4v) is 2.47. The minimum Gasteiger partial charge on any atom is -0.348 e. The Labute approximate surface area is 152 Å². The lowest BCUT2D eigenvalue weighted by Crippen LogP contribution is -3.11. The summed E-state index contributed by atoms with van der Waals surface area (Å²) in [5.74, 6) is -0.578. The zero-order valence-electron chi connectivity index (χ0n) is 14.5. The standard InChI is InChI=1S/C17H23ClN4O3/c1-21(9-15(23)19-12-7-8-12)11-17(25)22(2)10-16(24)20-14-6-4-3-5-13(14)18/h3-6,12H,7-11H2,1-2H3,(H,19,23)(H,20,24)/p+1. The molecule has 0 spiro atoms. The van der Waals surface area contributed by atoms with Gasteiger partial charge in [-0.1, -0.05) is 23.7 Å². The lowest BCUT2D eigenvalue weighted by molar-refractivity contribution is -0.862. The molecule has 1 aliphatic rings. The van der Waals surface area contributed by atoms with Crippen LogP contribution in [0.3, 0.4) is 0 Å². The fraction of sp³-hybridized carbons (Fsp3) is 0.471. The highest BCUT2D eigenvalue weighted by atomic mass is 35.5. The molecule has 0 heterocycles. The van der Waals surface area contributed by atoms with Crippen molar-refractivity contribution >= 4 is 35.0 Å². The monoisotopic (exact) mass is 367 g/mol. The molecular weight excluding hydrogens is 344 g/mol. The van der Waals surface area contributed by atoms with E-state index in [1.807, 2.05) is 0 Å². The van der Waals surface area contributed by atoms with Crippen molar-refractivity contribution in [1.29, 1.82) is 0 Å². The number of carbonyl (C=O) groups is 3. The Bertz CT molecular complexity index is 649. The van der Waals surface area contributed by atoms with Gasteiger partial charge in [-0.05, 0) is 25.0 Å². The van der Waals surface area contributed by atoms with Gasteiger partial charge in [-0.15, -0.1) is 0 Å². The van der Waals surface area contributed by atoms with Crippen LogP contribution in [0.15, 0.2) is 24.3 Å². The first-order valence-electron chi connectivity index (χ1n) is 8.24. The van der Waals surface area contributed by atoms with E-state index in [1.54, 1.807) is 38.4 Å². The van der Waals surface area contributed by atoms with Crippen LogP contribution in [0.5, 0.6) is 0 Å². The van der Waals surface area contributed by atoms with Crippen LogP contribution in [-0.4, -0.2) is 62.4 Å². The second-order valence-corrected chi connectivity index (χ2v) is 6.84. The van der Waals surface area contributed by atoms with Crippen molar-refractivity contribution in [2.24, 2.45) is 0 Å². The summed E-state index contributed by atoms with van der Waals surface area (Å²) in [6.07, 6.45) is 2.07. The van der Waals surface area contributed by atoms with Gasteiger partial charge in [-0.3, -0.25) is 14.4 Å². The summed E-state index contributed by atoms with van der Waals surface area (Å²) in [5, 5.41) is 6.01. The van der Waals surface area contributed by atoms with Gasteiger partial charge >= 0.3 is 0 Å². The number of nitrogens with zero attached hydrogens (tertiary/aromatic N) is 1. The lowest BCUT2D eigenvalue weighted by Gasteiger charge is -2.19. The number of benzene rings is 1. The number of amides is 3. The van der Waals surface area contributed by atoms with Gasteiger partial charge in [0.15, 0.2) is 13.1 Å². The number of halogens is 1. The van der Waals surface area contributed by atoms with E-state index in [9.17, 15) is 14.4 Å². The van der Waals surface area contributed by atoms with Gasteiger partial charge in [0, 0.05) is 13.1 Å². The number of hydrogen-bond donors (Lipinski definition) is 3. The molecule has 1 aliphatic carbocycles. The number of quaternary nitrogens is 1. The van der Waals surface area contributed by atoms with E-state index in [1.165, 1.54) is 4.90 Å². The fourth-order valence-electron chi connectivity index (χ4n) is 2.29. The van der Waals surface area contributed by atoms with Crippen LogP contribution < -0.4 is 15.5 Å². The Morgan fingerprint density at radius 1 is 1.20 bits per heavy atom. The zero-order valence-corrected chi connectivity index (χ0v) is 15.2. The second kappa shape index (κ2) is 8.82. The summed E-state index contributed by atoms with van der Waals surface area (Å²) in [6.45, 7) is 0.307. The molecule has 8 heteroatoms. The molecule has 0 radical (unpaired) electrons. The molecular formula is C17H24ClN4O3+. The Balaban J connectivity index is 1.74. The average Bonchev–Trinajstić information content (AvgIpc) is 3.32. The number of likely N-dealkylation sites (N-methyl/N-ethyl adjacent to an activating group) is 2. The summed E-state index contributed by atoms with van der Waals surface area (Å²) in [6, 6.07) is 7.22. The van der Waals surface area contributed by atoms with Crippen molar-refractivity contribution in [3.8, 4) is 0 Å². The maximum absolute atomic E-state index is 12.2. The molecule has 0 aliphatic heterocycles. The van der Waals surface area contributed by atoms with E-state index in [0.717, 1.165) is 17.7 Å². The van der Waals surface area contributed by atoms with Crippen molar-refractivity contribution in [3.63, 3.8) is 0 Å². The maximum Gasteiger partial charge on any atom is 0.277 e. The first-order chi connectivity index (χ1) is 11.8. The van der Waals surface area contributed by atoms with Gasteiger partial charge in [0.1, 0.15) is 0 Å². The number of rotatable bonds is 8. The molecule has 1 aromatic rings. The molecule has 2 rings (SSSR count). The molecule has 1 saturated carbocycles. The molecule has 25 heavy (non-hydrogen) atoms. The summed E-state index contributed by atoms with van der Waals surface area (Å²) in [4.78, 5) is 38.1. The largest absolute Gasteiger partial charge is 0.348 e.